The van der Waals surface area contributed by atoms with Crippen LogP contribution in [0.5, 0.6) is 17.2 Å². The van der Waals surface area contributed by atoms with Crippen molar-refractivity contribution in [3.05, 3.63) is 54.1 Å². The highest BCUT2D eigenvalue weighted by molar-refractivity contribution is 5.43. The van der Waals surface area contributed by atoms with E-state index in [-0.39, 0.29) is 0 Å². The summed E-state index contributed by atoms with van der Waals surface area (Å²) in [4.78, 5) is 2.26. The van der Waals surface area contributed by atoms with Crippen LogP contribution in [-0.2, 0) is 11.3 Å². The number of β-amino-alcohol motifs (C(OH)–C–C–N with tert-alkyl or cyclic N) is 1. The molecule has 1 aliphatic heterocycles. The molecule has 1 fully saturated rings. The lowest BCUT2D eigenvalue weighted by molar-refractivity contribution is -0.0621. The van der Waals surface area contributed by atoms with Crippen LogP contribution in [-0.4, -0.2) is 62.7 Å². The third kappa shape index (κ3) is 6.35. The van der Waals surface area contributed by atoms with Gasteiger partial charge in [-0.3, -0.25) is 4.90 Å². The molecule has 0 saturated carbocycles. The van der Waals surface area contributed by atoms with Crippen molar-refractivity contribution in [2.75, 3.05) is 47.1 Å². The molecule has 0 spiro atoms. The molecule has 2 aromatic carbocycles. The summed E-state index contributed by atoms with van der Waals surface area (Å²) in [6, 6.07) is 15.6. The highest BCUT2D eigenvalue weighted by Crippen LogP contribution is 2.30. The molecule has 2 aromatic rings. The van der Waals surface area contributed by atoms with E-state index in [1.165, 1.54) is 0 Å². The first-order valence-electron chi connectivity index (χ1n) is 10.0. The van der Waals surface area contributed by atoms with Gasteiger partial charge in [-0.25, -0.2) is 0 Å². The molecule has 29 heavy (non-hydrogen) atoms. The third-order valence-corrected chi connectivity index (χ3v) is 5.06. The molecule has 0 unspecified atom stereocenters. The van der Waals surface area contributed by atoms with Gasteiger partial charge < -0.3 is 24.1 Å². The zero-order valence-electron chi connectivity index (χ0n) is 17.3. The van der Waals surface area contributed by atoms with Crippen molar-refractivity contribution in [3.8, 4) is 17.2 Å². The second kappa shape index (κ2) is 10.5. The Morgan fingerprint density at radius 3 is 2.59 bits per heavy atom. The summed E-state index contributed by atoms with van der Waals surface area (Å²) in [6.45, 7) is 3.54. The summed E-state index contributed by atoms with van der Waals surface area (Å²) in [5, 5.41) is 11.0. The SMILES string of the molecule is COCCOc1cc(CN2CCC[C@@](O)(COc3ccccc3)C2)ccc1OC. The lowest BCUT2D eigenvalue weighted by Gasteiger charge is -2.39. The van der Waals surface area contributed by atoms with Gasteiger partial charge >= 0.3 is 0 Å². The lowest BCUT2D eigenvalue weighted by atomic mass is 9.93. The molecule has 1 atom stereocenters. The molecule has 0 aromatic heterocycles. The normalized spacial score (nSPS) is 19.7. The van der Waals surface area contributed by atoms with E-state index in [4.69, 9.17) is 18.9 Å². The van der Waals surface area contributed by atoms with Crippen LogP contribution < -0.4 is 14.2 Å². The van der Waals surface area contributed by atoms with Crippen LogP contribution in [0, 0.1) is 0 Å². The smallest absolute Gasteiger partial charge is 0.161 e. The number of aliphatic hydroxyl groups is 1. The fourth-order valence-electron chi connectivity index (χ4n) is 3.62. The number of benzene rings is 2. The van der Waals surface area contributed by atoms with Gasteiger partial charge in [0.2, 0.25) is 0 Å². The minimum absolute atomic E-state index is 0.293. The molecular formula is C23H31NO5. The lowest BCUT2D eigenvalue weighted by Crippen LogP contribution is -2.51. The molecule has 1 saturated heterocycles. The number of piperidine rings is 1. The maximum Gasteiger partial charge on any atom is 0.161 e. The number of nitrogens with zero attached hydrogens (tertiary/aromatic N) is 1. The van der Waals surface area contributed by atoms with Gasteiger partial charge in [0.25, 0.3) is 0 Å². The van der Waals surface area contributed by atoms with E-state index in [0.29, 0.717) is 37.9 Å². The molecule has 1 N–H and O–H groups in total. The van der Waals surface area contributed by atoms with E-state index in [9.17, 15) is 5.11 Å². The van der Waals surface area contributed by atoms with Crippen LogP contribution in [0.4, 0.5) is 0 Å². The Kier molecular flexibility index (Phi) is 7.75. The average molecular weight is 402 g/mol. The Labute approximate surface area is 173 Å². The van der Waals surface area contributed by atoms with Gasteiger partial charge in [0.1, 0.15) is 24.6 Å². The zero-order chi connectivity index (χ0) is 20.5. The van der Waals surface area contributed by atoms with E-state index in [2.05, 4.69) is 4.90 Å². The monoisotopic (exact) mass is 401 g/mol. The topological polar surface area (TPSA) is 60.4 Å². The second-order valence-electron chi connectivity index (χ2n) is 7.47. The Balaban J connectivity index is 1.59. The van der Waals surface area contributed by atoms with E-state index in [0.717, 1.165) is 37.2 Å². The molecule has 1 aliphatic rings. The molecule has 0 amide bonds. The first-order valence-corrected chi connectivity index (χ1v) is 10.0. The number of hydrogen-bond donors (Lipinski definition) is 1. The standard InChI is InChI=1S/C23H31NO5/c1-26-13-14-28-22-15-19(9-10-21(22)27-2)16-24-12-6-11-23(25,17-24)18-29-20-7-4-3-5-8-20/h3-5,7-10,15,25H,6,11-14,16-18H2,1-2H3/t23-/m0/s1. The largest absolute Gasteiger partial charge is 0.493 e. The van der Waals surface area contributed by atoms with Crippen molar-refractivity contribution in [2.45, 2.75) is 25.0 Å². The van der Waals surface area contributed by atoms with Crippen LogP contribution >= 0.6 is 0 Å². The van der Waals surface area contributed by atoms with E-state index >= 15 is 0 Å². The molecule has 0 radical (unpaired) electrons. The summed E-state index contributed by atoms with van der Waals surface area (Å²) in [6.07, 6.45) is 1.67. The molecule has 6 heteroatoms. The van der Waals surface area contributed by atoms with Crippen molar-refractivity contribution in [1.29, 1.82) is 0 Å². The molecule has 6 nitrogen and oxygen atoms in total. The van der Waals surface area contributed by atoms with Crippen molar-refractivity contribution in [1.82, 2.24) is 4.90 Å². The molecule has 3 rings (SSSR count). The first-order chi connectivity index (χ1) is 14.1. The highest BCUT2D eigenvalue weighted by Gasteiger charge is 2.34. The maximum absolute atomic E-state index is 11.0. The van der Waals surface area contributed by atoms with Crippen molar-refractivity contribution in [3.63, 3.8) is 0 Å². The number of para-hydroxylation sites is 1. The van der Waals surface area contributed by atoms with E-state index in [1.807, 2.05) is 48.5 Å². The first kappa shape index (κ1) is 21.4. The zero-order valence-corrected chi connectivity index (χ0v) is 17.3. The van der Waals surface area contributed by atoms with Gasteiger partial charge in [0, 0.05) is 20.2 Å². The summed E-state index contributed by atoms with van der Waals surface area (Å²) in [7, 11) is 3.28. The van der Waals surface area contributed by atoms with Gasteiger partial charge in [-0.15, -0.1) is 0 Å². The van der Waals surface area contributed by atoms with Crippen LogP contribution in [0.3, 0.4) is 0 Å². The fourth-order valence-corrected chi connectivity index (χ4v) is 3.62. The van der Waals surface area contributed by atoms with Gasteiger partial charge in [-0.05, 0) is 49.2 Å². The molecule has 0 bridgehead atoms. The molecule has 0 aliphatic carbocycles. The molecule has 158 valence electrons. The van der Waals surface area contributed by atoms with Gasteiger partial charge in [0.15, 0.2) is 11.5 Å². The van der Waals surface area contributed by atoms with Crippen molar-refractivity contribution in [2.24, 2.45) is 0 Å². The van der Waals surface area contributed by atoms with Gasteiger partial charge in [0.05, 0.1) is 13.7 Å². The molecular weight excluding hydrogens is 370 g/mol. The summed E-state index contributed by atoms with van der Waals surface area (Å²) in [5.74, 6) is 2.20. The summed E-state index contributed by atoms with van der Waals surface area (Å²) >= 11 is 0. The number of methoxy groups -OCH3 is 2. The van der Waals surface area contributed by atoms with E-state index < -0.39 is 5.60 Å². The Morgan fingerprint density at radius 2 is 1.83 bits per heavy atom. The average Bonchev–Trinajstić information content (AvgIpc) is 2.74. The predicted octanol–water partition coefficient (Wildman–Crippen LogP) is 3.13. The van der Waals surface area contributed by atoms with Gasteiger partial charge in [-0.2, -0.15) is 0 Å². The van der Waals surface area contributed by atoms with Gasteiger partial charge in [-0.1, -0.05) is 24.3 Å². The van der Waals surface area contributed by atoms with Crippen LogP contribution in [0.25, 0.3) is 0 Å². The van der Waals surface area contributed by atoms with Crippen LogP contribution in [0.1, 0.15) is 18.4 Å². The summed E-state index contributed by atoms with van der Waals surface area (Å²) in [5.41, 5.74) is 0.268. The quantitative estimate of drug-likeness (QED) is 0.618. The minimum atomic E-state index is -0.849. The molecule has 1 heterocycles. The minimum Gasteiger partial charge on any atom is -0.493 e. The number of ether oxygens (including phenoxy) is 4. The highest BCUT2D eigenvalue weighted by atomic mass is 16.5. The fraction of sp³-hybridized carbons (Fsp3) is 0.478. The van der Waals surface area contributed by atoms with Crippen LogP contribution in [0.15, 0.2) is 48.5 Å². The van der Waals surface area contributed by atoms with Crippen molar-refractivity contribution < 1.29 is 24.1 Å². The summed E-state index contributed by atoms with van der Waals surface area (Å²) < 4.78 is 22.1. The maximum atomic E-state index is 11.0. The predicted molar refractivity (Wildman–Crippen MR) is 112 cm³/mol. The number of hydrogen-bond acceptors (Lipinski definition) is 6. The number of rotatable bonds is 10. The van der Waals surface area contributed by atoms with E-state index in [1.54, 1.807) is 14.2 Å². The Hall–Kier alpha value is -2.28. The second-order valence-corrected chi connectivity index (χ2v) is 7.47. The number of likely N-dealkylation sites (tertiary alicyclic amines) is 1. The Bertz CT molecular complexity index is 754. The van der Waals surface area contributed by atoms with Crippen LogP contribution in [0.2, 0.25) is 0 Å². The van der Waals surface area contributed by atoms with Crippen molar-refractivity contribution >= 4 is 0 Å². The third-order valence-electron chi connectivity index (χ3n) is 5.06. The Morgan fingerprint density at radius 1 is 1.00 bits per heavy atom.